The van der Waals surface area contributed by atoms with Gasteiger partial charge in [0.15, 0.2) is 0 Å². The van der Waals surface area contributed by atoms with E-state index in [9.17, 15) is 0 Å². The zero-order valence-corrected chi connectivity index (χ0v) is 12.9. The van der Waals surface area contributed by atoms with Crippen LogP contribution in [0.5, 0.6) is 0 Å². The first-order chi connectivity index (χ1) is 8.65. The van der Waals surface area contributed by atoms with Gasteiger partial charge in [0.25, 0.3) is 0 Å². The van der Waals surface area contributed by atoms with Crippen molar-refractivity contribution in [2.24, 2.45) is 11.3 Å². The summed E-state index contributed by atoms with van der Waals surface area (Å²) in [5.41, 5.74) is 0.418. The molecule has 0 aromatic carbocycles. The topological polar surface area (TPSA) is 12.5 Å². The van der Waals surface area contributed by atoms with Crippen molar-refractivity contribution in [1.29, 1.82) is 0 Å². The second-order valence-corrected chi connectivity index (χ2v) is 6.97. The zero-order valence-electron chi connectivity index (χ0n) is 12.0. The smallest absolute Gasteiger partial charge is 0.0472 e. The van der Waals surface area contributed by atoms with Crippen LogP contribution in [0, 0.1) is 11.3 Å². The van der Waals surface area contributed by atoms with Crippen molar-refractivity contribution in [2.75, 3.05) is 32.1 Å². The average molecular weight is 271 g/mol. The minimum atomic E-state index is 0.418. The van der Waals surface area contributed by atoms with Crippen LogP contribution in [0.3, 0.4) is 0 Å². The first-order valence-electron chi connectivity index (χ1n) is 7.58. The van der Waals surface area contributed by atoms with E-state index >= 15 is 0 Å². The van der Waals surface area contributed by atoms with Crippen molar-refractivity contribution < 1.29 is 4.74 Å². The van der Waals surface area contributed by atoms with Crippen LogP contribution >= 0.6 is 12.6 Å². The second-order valence-electron chi connectivity index (χ2n) is 6.65. The summed E-state index contributed by atoms with van der Waals surface area (Å²) in [5, 5.41) is 0. The molecule has 0 atom stereocenters. The predicted molar refractivity (Wildman–Crippen MR) is 80.4 cm³/mol. The van der Waals surface area contributed by atoms with Gasteiger partial charge in [0.05, 0.1) is 0 Å². The van der Waals surface area contributed by atoms with Gasteiger partial charge in [0.1, 0.15) is 0 Å². The molecule has 1 aliphatic carbocycles. The van der Waals surface area contributed by atoms with Gasteiger partial charge >= 0.3 is 0 Å². The van der Waals surface area contributed by atoms with Crippen LogP contribution in [0.25, 0.3) is 0 Å². The molecule has 106 valence electrons. The normalized spacial score (nSPS) is 23.8. The Bertz CT molecular complexity index is 247. The lowest BCUT2D eigenvalue weighted by Crippen LogP contribution is -2.44. The molecular formula is C15H29NOS. The highest BCUT2D eigenvalue weighted by Gasteiger charge is 2.37. The molecule has 0 N–H and O–H groups in total. The van der Waals surface area contributed by atoms with Crippen LogP contribution in [-0.4, -0.2) is 43.0 Å². The standard InChI is InChI=1S/C15H29NOS/c1-13(2)5-8-16(14-3-4-14)11-15(12-18)6-9-17-10-7-15/h13-14,18H,3-12H2,1-2H3. The monoisotopic (exact) mass is 271 g/mol. The molecule has 1 aliphatic heterocycles. The molecule has 0 bridgehead atoms. The van der Waals surface area contributed by atoms with Gasteiger partial charge in [0.2, 0.25) is 0 Å². The lowest BCUT2D eigenvalue weighted by molar-refractivity contribution is 0.00560. The highest BCUT2D eigenvalue weighted by atomic mass is 32.1. The maximum absolute atomic E-state index is 5.53. The summed E-state index contributed by atoms with van der Waals surface area (Å²) in [7, 11) is 0. The third-order valence-corrected chi connectivity index (χ3v) is 5.16. The molecule has 0 amide bonds. The highest BCUT2D eigenvalue weighted by molar-refractivity contribution is 7.80. The van der Waals surface area contributed by atoms with E-state index in [2.05, 4.69) is 31.4 Å². The molecule has 0 aromatic heterocycles. The zero-order chi connectivity index (χ0) is 13.0. The lowest BCUT2D eigenvalue weighted by Gasteiger charge is -2.40. The Hall–Kier alpha value is 0.270. The molecule has 0 unspecified atom stereocenters. The predicted octanol–water partition coefficient (Wildman–Crippen LogP) is 3.22. The maximum atomic E-state index is 5.53. The van der Waals surface area contributed by atoms with E-state index in [4.69, 9.17) is 4.74 Å². The van der Waals surface area contributed by atoms with Gasteiger partial charge in [-0.1, -0.05) is 13.8 Å². The van der Waals surface area contributed by atoms with E-state index in [1.165, 1.54) is 45.2 Å². The van der Waals surface area contributed by atoms with Crippen molar-refractivity contribution >= 4 is 12.6 Å². The Kier molecular flexibility index (Phi) is 5.40. The summed E-state index contributed by atoms with van der Waals surface area (Å²) in [6, 6.07) is 0.878. The number of hydrogen-bond acceptors (Lipinski definition) is 3. The van der Waals surface area contributed by atoms with Gasteiger partial charge < -0.3 is 4.74 Å². The van der Waals surface area contributed by atoms with Crippen molar-refractivity contribution in [3.63, 3.8) is 0 Å². The molecular weight excluding hydrogens is 242 g/mol. The lowest BCUT2D eigenvalue weighted by atomic mass is 9.81. The van der Waals surface area contributed by atoms with Crippen LogP contribution in [0.15, 0.2) is 0 Å². The molecule has 0 radical (unpaired) electrons. The van der Waals surface area contributed by atoms with E-state index in [0.717, 1.165) is 30.9 Å². The summed E-state index contributed by atoms with van der Waals surface area (Å²) >= 11 is 4.64. The third-order valence-electron chi connectivity index (χ3n) is 4.48. The van der Waals surface area contributed by atoms with Gasteiger partial charge in [0, 0.05) is 25.8 Å². The molecule has 1 heterocycles. The minimum Gasteiger partial charge on any atom is -0.381 e. The molecule has 2 rings (SSSR count). The van der Waals surface area contributed by atoms with Crippen molar-refractivity contribution in [3.8, 4) is 0 Å². The van der Waals surface area contributed by atoms with Crippen LogP contribution in [0.1, 0.15) is 46.0 Å². The molecule has 2 fully saturated rings. The first kappa shape index (κ1) is 14.7. The highest BCUT2D eigenvalue weighted by Crippen LogP contribution is 2.37. The number of thiol groups is 1. The van der Waals surface area contributed by atoms with Crippen LogP contribution in [0.2, 0.25) is 0 Å². The average Bonchev–Trinajstić information content (AvgIpc) is 3.20. The van der Waals surface area contributed by atoms with Crippen molar-refractivity contribution in [2.45, 2.75) is 52.0 Å². The van der Waals surface area contributed by atoms with E-state index in [1.807, 2.05) is 0 Å². The first-order valence-corrected chi connectivity index (χ1v) is 8.21. The van der Waals surface area contributed by atoms with E-state index in [0.29, 0.717) is 5.41 Å². The second kappa shape index (κ2) is 6.62. The number of ether oxygens (including phenoxy) is 1. The van der Waals surface area contributed by atoms with Crippen LogP contribution in [-0.2, 0) is 4.74 Å². The number of rotatable bonds is 7. The van der Waals surface area contributed by atoms with Crippen molar-refractivity contribution in [1.82, 2.24) is 4.90 Å². The molecule has 2 aliphatic rings. The van der Waals surface area contributed by atoms with Crippen LogP contribution in [0.4, 0.5) is 0 Å². The SMILES string of the molecule is CC(C)CCN(CC1(CS)CCOCC1)C1CC1. The summed E-state index contributed by atoms with van der Waals surface area (Å²) in [5.74, 6) is 1.83. The Morgan fingerprint density at radius 1 is 1.28 bits per heavy atom. The fraction of sp³-hybridized carbons (Fsp3) is 1.00. The fourth-order valence-corrected chi connectivity index (χ4v) is 3.27. The third kappa shape index (κ3) is 4.14. The molecule has 3 heteroatoms. The Morgan fingerprint density at radius 2 is 1.94 bits per heavy atom. The number of nitrogens with zero attached hydrogens (tertiary/aromatic N) is 1. The van der Waals surface area contributed by atoms with Gasteiger partial charge in [-0.3, -0.25) is 4.90 Å². The van der Waals surface area contributed by atoms with Crippen LogP contribution < -0.4 is 0 Å². The molecule has 2 nitrogen and oxygen atoms in total. The molecule has 1 saturated carbocycles. The quantitative estimate of drug-likeness (QED) is 0.714. The van der Waals surface area contributed by atoms with Gasteiger partial charge in [-0.25, -0.2) is 0 Å². The Balaban J connectivity index is 1.89. The summed E-state index contributed by atoms with van der Waals surface area (Å²) in [6.45, 7) is 9.05. The molecule has 0 spiro atoms. The minimum absolute atomic E-state index is 0.418. The number of hydrogen-bond donors (Lipinski definition) is 1. The van der Waals surface area contributed by atoms with E-state index in [-0.39, 0.29) is 0 Å². The fourth-order valence-electron chi connectivity index (χ4n) is 2.86. The van der Waals surface area contributed by atoms with Gasteiger partial charge in [-0.15, -0.1) is 0 Å². The van der Waals surface area contributed by atoms with Gasteiger partial charge in [-0.05, 0) is 55.7 Å². The Labute approximate surface area is 118 Å². The summed E-state index contributed by atoms with van der Waals surface area (Å²) in [6.07, 6.45) is 6.55. The largest absolute Gasteiger partial charge is 0.381 e. The summed E-state index contributed by atoms with van der Waals surface area (Å²) in [4.78, 5) is 2.75. The van der Waals surface area contributed by atoms with Gasteiger partial charge in [-0.2, -0.15) is 12.6 Å². The molecule has 0 aromatic rings. The van der Waals surface area contributed by atoms with E-state index < -0.39 is 0 Å². The van der Waals surface area contributed by atoms with Crippen molar-refractivity contribution in [3.05, 3.63) is 0 Å². The maximum Gasteiger partial charge on any atom is 0.0472 e. The summed E-state index contributed by atoms with van der Waals surface area (Å²) < 4.78 is 5.53. The van der Waals surface area contributed by atoms with E-state index in [1.54, 1.807) is 0 Å². The molecule has 1 saturated heterocycles. The Morgan fingerprint density at radius 3 is 2.44 bits per heavy atom. The molecule has 18 heavy (non-hydrogen) atoms.